The van der Waals surface area contributed by atoms with Crippen molar-refractivity contribution in [3.63, 3.8) is 0 Å². The van der Waals surface area contributed by atoms with Gasteiger partial charge in [-0.1, -0.05) is 13.0 Å². The van der Waals surface area contributed by atoms with Crippen LogP contribution in [0.2, 0.25) is 0 Å². The van der Waals surface area contributed by atoms with Gasteiger partial charge in [-0.05, 0) is 67.8 Å². The standard InChI is InChI=1S/C25H35N3O7S2/c1-5-24(28(36(4,30)31)21-17-19(2)16-20(3)18-21)25(29)26-10-13-35-22-6-8-23(9-7-22)37(32,33)27-11-14-34-15-12-27/h6-9,16-18,24H,5,10-15H2,1-4H3,(H,26,29)/t24-/m1/s1. The SMILES string of the molecule is CC[C@H](C(=O)NCCOc1ccc(S(=O)(=O)N2CCOCC2)cc1)N(c1cc(C)cc(C)c1)S(C)(=O)=O. The molecule has 1 fully saturated rings. The monoisotopic (exact) mass is 553 g/mol. The molecule has 2 aromatic rings. The molecule has 1 saturated heterocycles. The first-order valence-electron chi connectivity index (χ1n) is 12.1. The van der Waals surface area contributed by atoms with E-state index in [-0.39, 0.29) is 24.5 Å². The van der Waals surface area contributed by atoms with Gasteiger partial charge in [-0.15, -0.1) is 0 Å². The van der Waals surface area contributed by atoms with Gasteiger partial charge in [0.2, 0.25) is 26.0 Å². The van der Waals surface area contributed by atoms with Gasteiger partial charge in [0.05, 0.1) is 36.6 Å². The van der Waals surface area contributed by atoms with E-state index in [9.17, 15) is 21.6 Å². The molecule has 0 aromatic heterocycles. The largest absolute Gasteiger partial charge is 0.492 e. The van der Waals surface area contributed by atoms with Crippen molar-refractivity contribution in [3.05, 3.63) is 53.6 Å². The summed E-state index contributed by atoms with van der Waals surface area (Å²) in [6.45, 7) is 7.16. The van der Waals surface area contributed by atoms with Crippen molar-refractivity contribution in [3.8, 4) is 5.75 Å². The first-order chi connectivity index (χ1) is 17.4. The number of hydrogen-bond acceptors (Lipinski definition) is 7. The highest BCUT2D eigenvalue weighted by atomic mass is 32.2. The highest BCUT2D eigenvalue weighted by molar-refractivity contribution is 7.92. The summed E-state index contributed by atoms with van der Waals surface area (Å²) in [6.07, 6.45) is 1.37. The first-order valence-corrected chi connectivity index (χ1v) is 15.4. The zero-order chi connectivity index (χ0) is 27.2. The summed E-state index contributed by atoms with van der Waals surface area (Å²) in [6, 6.07) is 10.6. The molecule has 2 aromatic carbocycles. The summed E-state index contributed by atoms with van der Waals surface area (Å²) in [5.41, 5.74) is 2.25. The Labute approximate surface area is 219 Å². The molecular weight excluding hydrogens is 518 g/mol. The number of carbonyl (C=O) groups excluding carboxylic acids is 1. The summed E-state index contributed by atoms with van der Waals surface area (Å²) < 4.78 is 64.2. The lowest BCUT2D eigenvalue weighted by molar-refractivity contribution is -0.122. The molecule has 1 aliphatic heterocycles. The number of benzene rings is 2. The van der Waals surface area contributed by atoms with Gasteiger partial charge in [0.1, 0.15) is 18.4 Å². The van der Waals surface area contributed by atoms with Crippen LogP contribution in [0.25, 0.3) is 0 Å². The highest BCUT2D eigenvalue weighted by Gasteiger charge is 2.31. The summed E-state index contributed by atoms with van der Waals surface area (Å²) >= 11 is 0. The van der Waals surface area contributed by atoms with E-state index < -0.39 is 32.0 Å². The number of nitrogens with one attached hydrogen (secondary N) is 1. The highest BCUT2D eigenvalue weighted by Crippen LogP contribution is 2.25. The summed E-state index contributed by atoms with van der Waals surface area (Å²) in [4.78, 5) is 13.1. The van der Waals surface area contributed by atoms with Gasteiger partial charge in [0.25, 0.3) is 0 Å². The average molecular weight is 554 g/mol. The van der Waals surface area contributed by atoms with E-state index in [2.05, 4.69) is 5.32 Å². The second kappa shape index (κ2) is 12.2. The van der Waals surface area contributed by atoms with Gasteiger partial charge >= 0.3 is 0 Å². The fourth-order valence-corrected chi connectivity index (χ4v) is 6.85. The van der Waals surface area contributed by atoms with Crippen molar-refractivity contribution in [1.82, 2.24) is 9.62 Å². The quantitative estimate of drug-likeness (QED) is 0.423. The third-order valence-electron chi connectivity index (χ3n) is 5.89. The van der Waals surface area contributed by atoms with Gasteiger partial charge < -0.3 is 14.8 Å². The Kier molecular flexibility index (Phi) is 9.57. The molecule has 1 amide bonds. The smallest absolute Gasteiger partial charge is 0.244 e. The van der Waals surface area contributed by atoms with Crippen LogP contribution in [0, 0.1) is 13.8 Å². The van der Waals surface area contributed by atoms with Crippen LogP contribution >= 0.6 is 0 Å². The van der Waals surface area contributed by atoms with Crippen LogP contribution in [0.3, 0.4) is 0 Å². The Morgan fingerprint density at radius 2 is 1.65 bits per heavy atom. The van der Waals surface area contributed by atoms with Crippen molar-refractivity contribution >= 4 is 31.6 Å². The van der Waals surface area contributed by atoms with Crippen molar-refractivity contribution < 1.29 is 31.1 Å². The van der Waals surface area contributed by atoms with E-state index in [0.717, 1.165) is 21.7 Å². The summed E-state index contributed by atoms with van der Waals surface area (Å²) in [7, 11) is -7.31. The van der Waals surface area contributed by atoms with Crippen molar-refractivity contribution in [2.45, 2.75) is 38.1 Å². The molecule has 0 aliphatic carbocycles. The number of rotatable bonds is 11. The second-order valence-corrected chi connectivity index (χ2v) is 12.8. The predicted molar refractivity (Wildman–Crippen MR) is 142 cm³/mol. The number of anilines is 1. The maximum absolute atomic E-state index is 13.0. The fraction of sp³-hybridized carbons (Fsp3) is 0.480. The van der Waals surface area contributed by atoms with Crippen LogP contribution in [-0.4, -0.2) is 78.8 Å². The van der Waals surface area contributed by atoms with Crippen LogP contribution in [0.15, 0.2) is 47.4 Å². The zero-order valence-electron chi connectivity index (χ0n) is 21.6. The van der Waals surface area contributed by atoms with Gasteiger partial charge in [-0.3, -0.25) is 9.10 Å². The maximum atomic E-state index is 13.0. The third kappa shape index (κ3) is 7.44. The fourth-order valence-electron chi connectivity index (χ4n) is 4.24. The Morgan fingerprint density at radius 1 is 1.05 bits per heavy atom. The Balaban J connectivity index is 1.59. The van der Waals surface area contributed by atoms with E-state index in [1.165, 1.54) is 16.4 Å². The third-order valence-corrected chi connectivity index (χ3v) is 8.99. The second-order valence-electron chi connectivity index (χ2n) is 8.96. The molecule has 1 aliphatic rings. The molecule has 1 N–H and O–H groups in total. The van der Waals surface area contributed by atoms with Crippen molar-refractivity contribution in [2.24, 2.45) is 0 Å². The van der Waals surface area contributed by atoms with Crippen LogP contribution in [0.4, 0.5) is 5.69 Å². The molecule has 1 atom stereocenters. The van der Waals surface area contributed by atoms with Gasteiger partial charge in [-0.25, -0.2) is 16.8 Å². The molecule has 0 saturated carbocycles. The molecule has 37 heavy (non-hydrogen) atoms. The van der Waals surface area contributed by atoms with E-state index in [4.69, 9.17) is 9.47 Å². The average Bonchev–Trinajstić information content (AvgIpc) is 2.84. The van der Waals surface area contributed by atoms with Crippen LogP contribution < -0.4 is 14.4 Å². The van der Waals surface area contributed by atoms with Crippen LogP contribution in [-0.2, 0) is 29.6 Å². The number of aryl methyl sites for hydroxylation is 2. The minimum absolute atomic E-state index is 0.125. The number of amides is 1. The number of carbonyl (C=O) groups is 1. The molecule has 12 heteroatoms. The molecule has 0 radical (unpaired) electrons. The van der Waals surface area contributed by atoms with Gasteiger partial charge in [0, 0.05) is 13.1 Å². The summed E-state index contributed by atoms with van der Waals surface area (Å²) in [5.74, 6) is 0.0258. The Bertz CT molecular complexity index is 1270. The molecule has 3 rings (SSSR count). The molecule has 204 valence electrons. The lowest BCUT2D eigenvalue weighted by Gasteiger charge is -2.30. The minimum Gasteiger partial charge on any atom is -0.492 e. The maximum Gasteiger partial charge on any atom is 0.244 e. The topological polar surface area (TPSA) is 122 Å². The number of morpholine rings is 1. The van der Waals surface area contributed by atoms with Crippen molar-refractivity contribution in [2.75, 3.05) is 50.0 Å². The first kappa shape index (κ1) is 28.9. The van der Waals surface area contributed by atoms with Crippen molar-refractivity contribution in [1.29, 1.82) is 0 Å². The number of ether oxygens (including phenoxy) is 2. The predicted octanol–water partition coefficient (Wildman–Crippen LogP) is 2.06. The number of hydrogen-bond donors (Lipinski definition) is 1. The van der Waals surface area contributed by atoms with E-state index in [1.54, 1.807) is 31.2 Å². The molecule has 0 bridgehead atoms. The van der Waals surface area contributed by atoms with Crippen LogP contribution in [0.1, 0.15) is 24.5 Å². The Hall–Kier alpha value is -2.67. The molecule has 10 nitrogen and oxygen atoms in total. The molecule has 1 heterocycles. The molecule has 0 unspecified atom stereocenters. The van der Waals surface area contributed by atoms with Gasteiger partial charge in [0.15, 0.2) is 0 Å². The number of sulfonamides is 2. The zero-order valence-corrected chi connectivity index (χ0v) is 23.3. The normalized spacial score (nSPS) is 15.7. The minimum atomic E-state index is -3.72. The van der Waals surface area contributed by atoms with E-state index >= 15 is 0 Å². The van der Waals surface area contributed by atoms with Gasteiger partial charge in [-0.2, -0.15) is 4.31 Å². The molecular formula is C25H35N3O7S2. The lowest BCUT2D eigenvalue weighted by atomic mass is 10.1. The number of nitrogens with zero attached hydrogens (tertiary/aromatic N) is 2. The Morgan fingerprint density at radius 3 is 2.19 bits per heavy atom. The van der Waals surface area contributed by atoms with E-state index in [0.29, 0.717) is 37.7 Å². The molecule has 0 spiro atoms. The van der Waals surface area contributed by atoms with E-state index in [1.807, 2.05) is 19.9 Å². The lowest BCUT2D eigenvalue weighted by Crippen LogP contribution is -2.50. The van der Waals surface area contributed by atoms with Crippen LogP contribution in [0.5, 0.6) is 5.75 Å². The summed E-state index contributed by atoms with van der Waals surface area (Å²) in [5, 5.41) is 2.75.